The van der Waals surface area contributed by atoms with Gasteiger partial charge in [0.2, 0.25) is 0 Å². The number of hydrogen-bond acceptors (Lipinski definition) is 3. The van der Waals surface area contributed by atoms with Crippen molar-refractivity contribution in [3.05, 3.63) is 35.2 Å². The Morgan fingerprint density at radius 3 is 2.88 bits per heavy atom. The highest BCUT2D eigenvalue weighted by Gasteiger charge is 2.14. The van der Waals surface area contributed by atoms with Gasteiger partial charge in [-0.2, -0.15) is 0 Å². The van der Waals surface area contributed by atoms with Crippen LogP contribution in [0, 0.1) is 0 Å². The summed E-state index contributed by atoms with van der Waals surface area (Å²) in [5.74, 6) is 0.192. The predicted octanol–water partition coefficient (Wildman–Crippen LogP) is 2.62. The van der Waals surface area contributed by atoms with Gasteiger partial charge in [0.25, 0.3) is 0 Å². The van der Waals surface area contributed by atoms with Crippen LogP contribution in [0.3, 0.4) is 0 Å². The van der Waals surface area contributed by atoms with Gasteiger partial charge in [0.15, 0.2) is 0 Å². The summed E-state index contributed by atoms with van der Waals surface area (Å²) in [6.07, 6.45) is 0.774. The van der Waals surface area contributed by atoms with Crippen molar-refractivity contribution in [3.8, 4) is 0 Å². The lowest BCUT2D eigenvalue weighted by Crippen LogP contribution is -2.34. The van der Waals surface area contributed by atoms with E-state index in [1.807, 2.05) is 19.2 Å². The molecule has 1 heterocycles. The van der Waals surface area contributed by atoms with E-state index in [-0.39, 0.29) is 11.8 Å². The van der Waals surface area contributed by atoms with Crippen LogP contribution in [-0.2, 0) is 11.2 Å². The van der Waals surface area contributed by atoms with Gasteiger partial charge in [0, 0.05) is 4.70 Å². The van der Waals surface area contributed by atoms with Crippen molar-refractivity contribution < 1.29 is 4.79 Å². The lowest BCUT2D eigenvalue weighted by Gasteiger charge is -2.11. The van der Waals surface area contributed by atoms with Crippen LogP contribution in [0.25, 0.3) is 10.1 Å². The van der Waals surface area contributed by atoms with Crippen molar-refractivity contribution in [1.82, 2.24) is 5.32 Å². The first kappa shape index (κ1) is 11.3. The number of thiophene rings is 1. The molecular weight excluding hydrogens is 218 g/mol. The molecule has 1 aromatic heterocycles. The molecule has 2 aromatic rings. The molecule has 2 rings (SSSR count). The molecule has 0 saturated heterocycles. The molecule has 1 aromatic carbocycles. The second-order valence-corrected chi connectivity index (χ2v) is 4.82. The van der Waals surface area contributed by atoms with Gasteiger partial charge < -0.3 is 5.32 Å². The molecule has 1 N–H and O–H groups in total. The Bertz CT molecular complexity index is 503. The molecule has 84 valence electrons. The van der Waals surface area contributed by atoms with Crippen molar-refractivity contribution in [1.29, 1.82) is 0 Å². The third-order valence-corrected chi connectivity index (χ3v) is 3.84. The maximum atomic E-state index is 11.4. The zero-order valence-corrected chi connectivity index (χ0v) is 10.3. The first-order chi connectivity index (χ1) is 7.72. The van der Waals surface area contributed by atoms with Crippen LogP contribution in [0.4, 0.5) is 0 Å². The highest BCUT2D eigenvalue weighted by Crippen LogP contribution is 2.26. The van der Waals surface area contributed by atoms with E-state index >= 15 is 0 Å². The smallest absolute Gasteiger partial charge is 0.147 e. The molecule has 0 aliphatic heterocycles. The van der Waals surface area contributed by atoms with Crippen LogP contribution >= 0.6 is 11.3 Å². The van der Waals surface area contributed by atoms with Crippen LogP contribution in [0.2, 0.25) is 0 Å². The minimum atomic E-state index is -0.0713. The normalized spacial score (nSPS) is 12.9. The van der Waals surface area contributed by atoms with E-state index in [9.17, 15) is 4.79 Å². The Labute approximate surface area is 99.3 Å². The van der Waals surface area contributed by atoms with Crippen molar-refractivity contribution in [2.45, 2.75) is 19.4 Å². The maximum Gasteiger partial charge on any atom is 0.147 e. The van der Waals surface area contributed by atoms with Crippen LogP contribution < -0.4 is 5.32 Å². The molecule has 0 aliphatic carbocycles. The Morgan fingerprint density at radius 1 is 1.44 bits per heavy atom. The summed E-state index contributed by atoms with van der Waals surface area (Å²) >= 11 is 1.74. The van der Waals surface area contributed by atoms with E-state index in [4.69, 9.17) is 0 Å². The number of Topliss-reactive ketones (excluding diaryl/α,β-unsaturated/α-hetero) is 1. The van der Waals surface area contributed by atoms with E-state index in [1.54, 1.807) is 18.3 Å². The van der Waals surface area contributed by atoms with Gasteiger partial charge in [-0.3, -0.25) is 4.79 Å². The number of carbonyl (C=O) groups excluding carboxylic acids is 1. The topological polar surface area (TPSA) is 29.1 Å². The zero-order valence-electron chi connectivity index (χ0n) is 9.49. The Morgan fingerprint density at radius 2 is 2.19 bits per heavy atom. The van der Waals surface area contributed by atoms with Crippen LogP contribution in [-0.4, -0.2) is 18.9 Å². The lowest BCUT2D eigenvalue weighted by atomic mass is 10.0. The minimum Gasteiger partial charge on any atom is -0.310 e. The maximum absolute atomic E-state index is 11.4. The predicted molar refractivity (Wildman–Crippen MR) is 69.1 cm³/mol. The molecule has 0 amide bonds. The zero-order chi connectivity index (χ0) is 11.5. The van der Waals surface area contributed by atoms with E-state index < -0.39 is 0 Å². The first-order valence-electron chi connectivity index (χ1n) is 5.35. The van der Waals surface area contributed by atoms with E-state index in [0.29, 0.717) is 0 Å². The second kappa shape index (κ2) is 4.76. The Balaban J connectivity index is 2.30. The molecule has 0 radical (unpaired) electrons. The minimum absolute atomic E-state index is 0.0713. The van der Waals surface area contributed by atoms with Crippen molar-refractivity contribution in [2.24, 2.45) is 0 Å². The third kappa shape index (κ3) is 2.15. The molecule has 0 fully saturated rings. The third-order valence-electron chi connectivity index (χ3n) is 2.82. The highest BCUT2D eigenvalue weighted by molar-refractivity contribution is 7.17. The van der Waals surface area contributed by atoms with Crippen LogP contribution in [0.5, 0.6) is 0 Å². The second-order valence-electron chi connectivity index (χ2n) is 3.91. The molecule has 16 heavy (non-hydrogen) atoms. The fourth-order valence-corrected chi connectivity index (χ4v) is 2.84. The summed E-state index contributed by atoms with van der Waals surface area (Å²) in [6.45, 7) is 1.63. The van der Waals surface area contributed by atoms with Gasteiger partial charge in [0.1, 0.15) is 5.78 Å². The number of likely N-dealkylation sites (N-methyl/N-ethyl adjacent to an activating group) is 1. The van der Waals surface area contributed by atoms with Gasteiger partial charge in [0.05, 0.1) is 6.04 Å². The molecule has 0 bridgehead atoms. The number of ketones is 1. The van der Waals surface area contributed by atoms with Gasteiger partial charge >= 0.3 is 0 Å². The SMILES string of the molecule is CN[C@H](Cc1csc2ccccc12)C(C)=O. The van der Waals surface area contributed by atoms with Gasteiger partial charge in [-0.15, -0.1) is 11.3 Å². The van der Waals surface area contributed by atoms with Gasteiger partial charge in [-0.25, -0.2) is 0 Å². The average Bonchev–Trinajstić information content (AvgIpc) is 2.69. The molecule has 1 atom stereocenters. The van der Waals surface area contributed by atoms with Crippen molar-refractivity contribution >= 4 is 27.2 Å². The quantitative estimate of drug-likeness (QED) is 0.879. The number of nitrogens with one attached hydrogen (secondary N) is 1. The highest BCUT2D eigenvalue weighted by atomic mass is 32.1. The lowest BCUT2D eigenvalue weighted by molar-refractivity contribution is -0.118. The molecule has 2 nitrogen and oxygen atoms in total. The summed E-state index contributed by atoms with van der Waals surface area (Å²) in [6, 6.07) is 8.25. The van der Waals surface area contributed by atoms with Gasteiger partial charge in [-0.1, -0.05) is 18.2 Å². The summed E-state index contributed by atoms with van der Waals surface area (Å²) in [7, 11) is 1.83. The largest absolute Gasteiger partial charge is 0.310 e. The first-order valence-corrected chi connectivity index (χ1v) is 6.23. The monoisotopic (exact) mass is 233 g/mol. The van der Waals surface area contributed by atoms with Crippen molar-refractivity contribution in [2.75, 3.05) is 7.05 Å². The van der Waals surface area contributed by atoms with Gasteiger partial charge in [-0.05, 0) is 42.8 Å². The van der Waals surface area contributed by atoms with Crippen LogP contribution in [0.1, 0.15) is 12.5 Å². The van der Waals surface area contributed by atoms with E-state index in [2.05, 4.69) is 22.8 Å². The summed E-state index contributed by atoms with van der Waals surface area (Å²) in [5, 5.41) is 6.48. The fourth-order valence-electron chi connectivity index (χ4n) is 1.86. The van der Waals surface area contributed by atoms with Crippen molar-refractivity contribution in [3.63, 3.8) is 0 Å². The number of rotatable bonds is 4. The fraction of sp³-hybridized carbons (Fsp3) is 0.308. The molecule has 3 heteroatoms. The summed E-state index contributed by atoms with van der Waals surface area (Å²) in [4.78, 5) is 11.4. The number of hydrogen-bond donors (Lipinski definition) is 1. The summed E-state index contributed by atoms with van der Waals surface area (Å²) < 4.78 is 1.29. The Hall–Kier alpha value is -1.19. The van der Waals surface area contributed by atoms with E-state index in [0.717, 1.165) is 6.42 Å². The number of benzene rings is 1. The molecule has 0 saturated carbocycles. The summed E-state index contributed by atoms with van der Waals surface area (Å²) in [5.41, 5.74) is 1.26. The average molecular weight is 233 g/mol. The molecule has 0 unspecified atom stereocenters. The van der Waals surface area contributed by atoms with Crippen LogP contribution in [0.15, 0.2) is 29.6 Å². The molecule has 0 aliphatic rings. The molecule has 0 spiro atoms. The Kier molecular flexibility index (Phi) is 3.36. The standard InChI is InChI=1S/C13H15NOS/c1-9(15)12(14-2)7-10-8-16-13-6-4-3-5-11(10)13/h3-6,8,12,14H,7H2,1-2H3/t12-/m1/s1. The number of carbonyl (C=O) groups is 1. The van der Waals surface area contributed by atoms with E-state index in [1.165, 1.54) is 15.6 Å². The molecular formula is C13H15NOS. The number of fused-ring (bicyclic) bond motifs is 1.